The lowest BCUT2D eigenvalue weighted by Gasteiger charge is -2.26. The zero-order valence-electron chi connectivity index (χ0n) is 23.9. The van der Waals surface area contributed by atoms with Crippen molar-refractivity contribution in [3.63, 3.8) is 0 Å². The molecule has 0 radical (unpaired) electrons. The zero-order valence-corrected chi connectivity index (χ0v) is 24.7. The number of fused-ring (bicyclic) bond motifs is 1. The summed E-state index contributed by atoms with van der Waals surface area (Å²) in [5.41, 5.74) is 3.37. The van der Waals surface area contributed by atoms with Crippen LogP contribution in [0.25, 0.3) is 11.8 Å². The summed E-state index contributed by atoms with van der Waals surface area (Å²) in [5.74, 6) is 1.18. The summed E-state index contributed by atoms with van der Waals surface area (Å²) in [7, 11) is 0. The van der Waals surface area contributed by atoms with Crippen LogP contribution in [0.5, 0.6) is 0 Å². The van der Waals surface area contributed by atoms with Crippen molar-refractivity contribution in [2.75, 3.05) is 37.8 Å². The van der Waals surface area contributed by atoms with Crippen LogP contribution in [-0.4, -0.2) is 43.4 Å². The van der Waals surface area contributed by atoms with Crippen molar-refractivity contribution < 1.29 is 18.7 Å². The molecule has 8 nitrogen and oxygen atoms in total. The van der Waals surface area contributed by atoms with E-state index in [9.17, 15) is 9.59 Å². The molecule has 0 bridgehead atoms. The molecule has 2 aliphatic rings. The van der Waals surface area contributed by atoms with Gasteiger partial charge in [-0.2, -0.15) is 0 Å². The average molecular weight is 584 g/mol. The standard InChI is InChI=1S/C33H33N3O5S/c1-4-40-32(38)28-29(23-8-6-5-7-9-23)34-33-36(30(28)24-12-10-22(11-13-24)21(2)3)31(37)26(42-33)20-25-14-15-27(41-25)35-16-18-39-19-17-35/h5-15,20-21,30H,4,16-19H2,1-3H3/b26-20-/t30-/m1/s1. The fourth-order valence-electron chi connectivity index (χ4n) is 5.32. The SMILES string of the molecule is CCOC(=O)C1=C(c2ccccc2)N=c2s/c(=C\c3ccc(N4CCOCC4)o3)c(=O)n2[C@@H]1c1ccc(C(C)C)cc1. The van der Waals surface area contributed by atoms with Gasteiger partial charge in [-0.3, -0.25) is 9.36 Å². The Labute approximate surface area is 247 Å². The summed E-state index contributed by atoms with van der Waals surface area (Å²) in [6.45, 7) is 9.06. The van der Waals surface area contributed by atoms with Crippen molar-refractivity contribution in [1.82, 2.24) is 4.57 Å². The quantitative estimate of drug-likeness (QED) is 0.298. The number of anilines is 1. The van der Waals surface area contributed by atoms with Gasteiger partial charge in [0.15, 0.2) is 10.7 Å². The number of benzene rings is 2. The minimum atomic E-state index is -0.709. The van der Waals surface area contributed by atoms with E-state index in [0.717, 1.165) is 30.1 Å². The second kappa shape index (κ2) is 12.0. The highest BCUT2D eigenvalue weighted by Gasteiger charge is 2.35. The molecular formula is C33H33N3O5S. The first-order chi connectivity index (χ1) is 20.4. The van der Waals surface area contributed by atoms with E-state index < -0.39 is 12.0 Å². The molecule has 0 aliphatic carbocycles. The van der Waals surface area contributed by atoms with Crippen LogP contribution in [0.2, 0.25) is 0 Å². The van der Waals surface area contributed by atoms with Gasteiger partial charge in [-0.1, -0.05) is 79.8 Å². The second-order valence-corrected chi connectivity index (χ2v) is 11.5. The number of hydrogen-bond acceptors (Lipinski definition) is 8. The van der Waals surface area contributed by atoms with Crippen molar-refractivity contribution in [1.29, 1.82) is 0 Å². The summed E-state index contributed by atoms with van der Waals surface area (Å²) in [6.07, 6.45) is 1.75. The topological polar surface area (TPSA) is 86.3 Å². The van der Waals surface area contributed by atoms with Gasteiger partial charge >= 0.3 is 5.97 Å². The van der Waals surface area contributed by atoms with E-state index in [-0.39, 0.29) is 12.2 Å². The number of furan rings is 1. The van der Waals surface area contributed by atoms with Crippen LogP contribution in [0.15, 0.2) is 86.5 Å². The van der Waals surface area contributed by atoms with Crippen molar-refractivity contribution in [2.24, 2.45) is 4.99 Å². The van der Waals surface area contributed by atoms with Crippen molar-refractivity contribution >= 4 is 35.0 Å². The van der Waals surface area contributed by atoms with Gasteiger partial charge in [0.05, 0.1) is 41.7 Å². The molecule has 1 atom stereocenters. The molecule has 2 aliphatic heterocycles. The molecule has 4 aromatic rings. The van der Waals surface area contributed by atoms with E-state index >= 15 is 0 Å². The van der Waals surface area contributed by atoms with Gasteiger partial charge < -0.3 is 18.8 Å². The lowest BCUT2D eigenvalue weighted by Crippen LogP contribution is -2.40. The predicted molar refractivity (Wildman–Crippen MR) is 163 cm³/mol. The lowest BCUT2D eigenvalue weighted by atomic mass is 9.91. The van der Waals surface area contributed by atoms with Crippen molar-refractivity contribution in [2.45, 2.75) is 32.7 Å². The van der Waals surface area contributed by atoms with Gasteiger partial charge in [0.2, 0.25) is 0 Å². The highest BCUT2D eigenvalue weighted by molar-refractivity contribution is 7.07. The molecule has 2 aromatic heterocycles. The molecule has 2 aromatic carbocycles. The molecule has 216 valence electrons. The number of ether oxygens (including phenoxy) is 2. The highest BCUT2D eigenvalue weighted by atomic mass is 32.1. The Kier molecular flexibility index (Phi) is 7.95. The van der Waals surface area contributed by atoms with Gasteiger partial charge in [0.1, 0.15) is 5.76 Å². The Morgan fingerprint density at radius 3 is 2.50 bits per heavy atom. The number of aromatic nitrogens is 1. The highest BCUT2D eigenvalue weighted by Crippen LogP contribution is 2.35. The first kappa shape index (κ1) is 27.9. The Morgan fingerprint density at radius 1 is 1.07 bits per heavy atom. The number of rotatable bonds is 7. The summed E-state index contributed by atoms with van der Waals surface area (Å²) in [4.78, 5) is 35.3. The third kappa shape index (κ3) is 5.37. The molecule has 0 amide bonds. The zero-order chi connectivity index (χ0) is 29.2. The predicted octanol–water partition coefficient (Wildman–Crippen LogP) is 4.49. The number of thiazole rings is 1. The number of esters is 1. The maximum atomic E-state index is 14.1. The van der Waals surface area contributed by atoms with Gasteiger partial charge in [0, 0.05) is 30.8 Å². The first-order valence-corrected chi connectivity index (χ1v) is 15.1. The third-order valence-electron chi connectivity index (χ3n) is 7.50. The first-order valence-electron chi connectivity index (χ1n) is 14.3. The monoisotopic (exact) mass is 583 g/mol. The average Bonchev–Trinajstić information content (AvgIpc) is 3.61. The van der Waals surface area contributed by atoms with Gasteiger partial charge in [-0.15, -0.1) is 0 Å². The van der Waals surface area contributed by atoms with Crippen molar-refractivity contribution in [3.8, 4) is 0 Å². The molecular weight excluding hydrogens is 550 g/mol. The lowest BCUT2D eigenvalue weighted by molar-refractivity contribution is -0.138. The maximum Gasteiger partial charge on any atom is 0.338 e. The number of hydrogen-bond donors (Lipinski definition) is 0. The number of morpholine rings is 1. The fourth-order valence-corrected chi connectivity index (χ4v) is 6.30. The maximum absolute atomic E-state index is 14.1. The van der Waals surface area contributed by atoms with E-state index in [0.29, 0.717) is 45.5 Å². The molecule has 4 heterocycles. The molecule has 0 saturated carbocycles. The van der Waals surface area contributed by atoms with Crippen LogP contribution in [0.4, 0.5) is 5.88 Å². The largest absolute Gasteiger partial charge is 0.463 e. The molecule has 0 unspecified atom stereocenters. The van der Waals surface area contributed by atoms with Crippen LogP contribution in [0, 0.1) is 0 Å². The Hall–Kier alpha value is -4.21. The van der Waals surface area contributed by atoms with E-state index in [4.69, 9.17) is 18.9 Å². The number of carbonyl (C=O) groups excluding carboxylic acids is 1. The summed E-state index contributed by atoms with van der Waals surface area (Å²) < 4.78 is 19.2. The number of nitrogens with zero attached hydrogens (tertiary/aromatic N) is 3. The van der Waals surface area contributed by atoms with Crippen molar-refractivity contribution in [3.05, 3.63) is 114 Å². The van der Waals surface area contributed by atoms with Gasteiger partial charge in [0.25, 0.3) is 5.56 Å². The smallest absolute Gasteiger partial charge is 0.338 e. The van der Waals surface area contributed by atoms with Gasteiger partial charge in [-0.05, 0) is 30.0 Å². The molecule has 9 heteroatoms. The van der Waals surface area contributed by atoms with Crippen LogP contribution in [0.3, 0.4) is 0 Å². The summed E-state index contributed by atoms with van der Waals surface area (Å²) >= 11 is 1.28. The van der Waals surface area contributed by atoms with Crippen LogP contribution < -0.4 is 19.8 Å². The van der Waals surface area contributed by atoms with Crippen LogP contribution >= 0.6 is 11.3 Å². The van der Waals surface area contributed by atoms with E-state index in [2.05, 4.69) is 30.9 Å². The molecule has 1 saturated heterocycles. The van der Waals surface area contributed by atoms with E-state index in [1.807, 2.05) is 54.6 Å². The summed E-state index contributed by atoms with van der Waals surface area (Å²) in [5, 5.41) is 0. The third-order valence-corrected chi connectivity index (χ3v) is 8.48. The Bertz CT molecular complexity index is 1790. The fraction of sp³-hybridized carbons (Fsp3) is 0.303. The van der Waals surface area contributed by atoms with E-state index in [1.54, 1.807) is 17.6 Å². The second-order valence-electron chi connectivity index (χ2n) is 10.5. The normalized spacial score (nSPS) is 17.4. The molecule has 0 N–H and O–H groups in total. The van der Waals surface area contributed by atoms with E-state index in [1.165, 1.54) is 16.9 Å². The molecule has 1 fully saturated rings. The number of carbonyl (C=O) groups is 1. The summed E-state index contributed by atoms with van der Waals surface area (Å²) in [6, 6.07) is 20.7. The minimum absolute atomic E-state index is 0.206. The van der Waals surface area contributed by atoms with Gasteiger partial charge in [-0.25, -0.2) is 9.79 Å². The minimum Gasteiger partial charge on any atom is -0.463 e. The molecule has 6 rings (SSSR count). The molecule has 42 heavy (non-hydrogen) atoms. The Balaban J connectivity index is 1.54. The van der Waals surface area contributed by atoms with Crippen LogP contribution in [-0.2, 0) is 14.3 Å². The Morgan fingerprint density at radius 2 is 1.81 bits per heavy atom. The molecule has 0 spiro atoms. The van der Waals surface area contributed by atoms with Crippen LogP contribution in [0.1, 0.15) is 55.2 Å².